The predicted molar refractivity (Wildman–Crippen MR) is 62.1 cm³/mol. The van der Waals surface area contributed by atoms with Crippen LogP contribution in [0.15, 0.2) is 24.5 Å². The maximum Gasteiger partial charge on any atom is 0.223 e. The summed E-state index contributed by atoms with van der Waals surface area (Å²) in [7, 11) is 1.90. The van der Waals surface area contributed by atoms with Gasteiger partial charge < -0.3 is 5.32 Å². The summed E-state index contributed by atoms with van der Waals surface area (Å²) in [6.07, 6.45) is 4.16. The molecule has 0 unspecified atom stereocenters. The standard InChI is InChI=1S/C11H12N6/c1-17-10(4-7-15-17)3-6-14-11-13-5-2-9(8-12)16-11/h2,4-5,7H,3,6H2,1H3,(H,13,14,16). The van der Waals surface area contributed by atoms with Crippen LogP contribution < -0.4 is 5.32 Å². The molecule has 1 N–H and O–H groups in total. The lowest BCUT2D eigenvalue weighted by Gasteiger charge is -2.04. The van der Waals surface area contributed by atoms with Gasteiger partial charge in [-0.1, -0.05) is 0 Å². The second kappa shape index (κ2) is 5.07. The summed E-state index contributed by atoms with van der Waals surface area (Å²) in [5.74, 6) is 0.478. The summed E-state index contributed by atoms with van der Waals surface area (Å²) in [4.78, 5) is 8.06. The van der Waals surface area contributed by atoms with E-state index in [1.54, 1.807) is 18.5 Å². The quantitative estimate of drug-likeness (QED) is 0.834. The molecule has 0 spiro atoms. The molecule has 86 valence electrons. The highest BCUT2D eigenvalue weighted by molar-refractivity contribution is 5.30. The Morgan fingerprint density at radius 2 is 2.29 bits per heavy atom. The van der Waals surface area contributed by atoms with E-state index in [2.05, 4.69) is 20.4 Å². The van der Waals surface area contributed by atoms with Gasteiger partial charge in [-0.3, -0.25) is 4.68 Å². The Morgan fingerprint density at radius 1 is 1.41 bits per heavy atom. The number of anilines is 1. The van der Waals surface area contributed by atoms with Gasteiger partial charge in [0.15, 0.2) is 0 Å². The molecule has 0 aromatic carbocycles. The molecule has 6 nitrogen and oxygen atoms in total. The van der Waals surface area contributed by atoms with Crippen LogP contribution in [0.3, 0.4) is 0 Å². The summed E-state index contributed by atoms with van der Waals surface area (Å²) < 4.78 is 1.83. The zero-order chi connectivity index (χ0) is 12.1. The first kappa shape index (κ1) is 11.1. The van der Waals surface area contributed by atoms with Gasteiger partial charge in [0.1, 0.15) is 11.8 Å². The highest BCUT2D eigenvalue weighted by atomic mass is 15.3. The molecule has 0 aliphatic carbocycles. The SMILES string of the molecule is Cn1nccc1CCNc1nccc(C#N)n1. The van der Waals surface area contributed by atoms with E-state index in [1.807, 2.05) is 23.9 Å². The van der Waals surface area contributed by atoms with Crippen molar-refractivity contribution < 1.29 is 0 Å². The largest absolute Gasteiger partial charge is 0.354 e. The molecule has 0 aliphatic rings. The third-order valence-corrected chi connectivity index (χ3v) is 2.36. The second-order valence-corrected chi connectivity index (χ2v) is 3.50. The Hall–Kier alpha value is -2.42. The number of nitriles is 1. The van der Waals surface area contributed by atoms with Crippen molar-refractivity contribution in [3.63, 3.8) is 0 Å². The fraction of sp³-hybridized carbons (Fsp3) is 0.273. The Labute approximate surface area is 98.9 Å². The molecule has 2 rings (SSSR count). The number of rotatable bonds is 4. The van der Waals surface area contributed by atoms with Crippen molar-refractivity contribution in [2.75, 3.05) is 11.9 Å². The number of nitrogens with zero attached hydrogens (tertiary/aromatic N) is 5. The molecular weight excluding hydrogens is 216 g/mol. The lowest BCUT2D eigenvalue weighted by atomic mass is 10.3. The van der Waals surface area contributed by atoms with Crippen LogP contribution in [0.25, 0.3) is 0 Å². The van der Waals surface area contributed by atoms with Gasteiger partial charge in [-0.2, -0.15) is 10.4 Å². The summed E-state index contributed by atoms with van der Waals surface area (Å²) in [6.45, 7) is 0.703. The molecule has 0 saturated carbocycles. The minimum Gasteiger partial charge on any atom is -0.354 e. The number of nitrogens with one attached hydrogen (secondary N) is 1. The van der Waals surface area contributed by atoms with Crippen molar-refractivity contribution in [2.24, 2.45) is 7.05 Å². The predicted octanol–water partition coefficient (Wildman–Crippen LogP) is 0.736. The van der Waals surface area contributed by atoms with Crippen LogP contribution in [-0.2, 0) is 13.5 Å². The van der Waals surface area contributed by atoms with E-state index in [1.165, 1.54) is 0 Å². The Bertz CT molecular complexity index is 539. The van der Waals surface area contributed by atoms with Gasteiger partial charge in [0, 0.05) is 38.1 Å². The van der Waals surface area contributed by atoms with Crippen molar-refractivity contribution in [3.05, 3.63) is 35.9 Å². The van der Waals surface area contributed by atoms with Crippen molar-refractivity contribution in [1.82, 2.24) is 19.7 Å². The summed E-state index contributed by atoms with van der Waals surface area (Å²) >= 11 is 0. The third kappa shape index (κ3) is 2.78. The average molecular weight is 228 g/mol. The molecule has 2 heterocycles. The molecule has 0 saturated heterocycles. The van der Waals surface area contributed by atoms with Crippen LogP contribution in [0.5, 0.6) is 0 Å². The van der Waals surface area contributed by atoms with Crippen LogP contribution in [0.1, 0.15) is 11.4 Å². The molecule has 2 aromatic heterocycles. The first-order valence-corrected chi connectivity index (χ1v) is 5.23. The number of hydrogen-bond donors (Lipinski definition) is 1. The van der Waals surface area contributed by atoms with Gasteiger partial charge in [0.25, 0.3) is 0 Å². The van der Waals surface area contributed by atoms with Gasteiger partial charge in [-0.05, 0) is 12.1 Å². The van der Waals surface area contributed by atoms with Crippen molar-refractivity contribution in [3.8, 4) is 6.07 Å². The zero-order valence-electron chi connectivity index (χ0n) is 9.46. The maximum atomic E-state index is 8.69. The number of hydrogen-bond acceptors (Lipinski definition) is 5. The highest BCUT2D eigenvalue weighted by Crippen LogP contribution is 2.01. The second-order valence-electron chi connectivity index (χ2n) is 3.50. The van der Waals surface area contributed by atoms with Gasteiger partial charge in [-0.25, -0.2) is 9.97 Å². The van der Waals surface area contributed by atoms with E-state index in [-0.39, 0.29) is 0 Å². The molecule has 0 amide bonds. The molecule has 0 aliphatic heterocycles. The van der Waals surface area contributed by atoms with Crippen LogP contribution in [-0.4, -0.2) is 26.3 Å². The topological polar surface area (TPSA) is 79.4 Å². The van der Waals surface area contributed by atoms with Gasteiger partial charge in [0.05, 0.1) is 0 Å². The van der Waals surface area contributed by atoms with E-state index in [0.717, 1.165) is 12.1 Å². The zero-order valence-corrected chi connectivity index (χ0v) is 9.46. The molecule has 0 radical (unpaired) electrons. The molecule has 0 atom stereocenters. The average Bonchev–Trinajstić information content (AvgIpc) is 2.76. The van der Waals surface area contributed by atoms with E-state index < -0.39 is 0 Å². The summed E-state index contributed by atoms with van der Waals surface area (Å²) in [5, 5.41) is 15.8. The van der Waals surface area contributed by atoms with Crippen molar-refractivity contribution in [1.29, 1.82) is 5.26 Å². The van der Waals surface area contributed by atoms with Gasteiger partial charge in [0.2, 0.25) is 5.95 Å². The normalized spacial score (nSPS) is 9.88. The maximum absolute atomic E-state index is 8.69. The van der Waals surface area contributed by atoms with Gasteiger partial charge in [-0.15, -0.1) is 0 Å². The molecular formula is C11H12N6. The molecule has 0 bridgehead atoms. The first-order valence-electron chi connectivity index (χ1n) is 5.23. The van der Waals surface area contributed by atoms with Crippen molar-refractivity contribution >= 4 is 5.95 Å². The fourth-order valence-electron chi connectivity index (χ4n) is 1.46. The highest BCUT2D eigenvalue weighted by Gasteiger charge is 2.00. The van der Waals surface area contributed by atoms with E-state index >= 15 is 0 Å². The molecule has 6 heteroatoms. The molecule has 2 aromatic rings. The lowest BCUT2D eigenvalue weighted by Crippen LogP contribution is -2.10. The first-order chi connectivity index (χ1) is 8.29. The monoisotopic (exact) mass is 228 g/mol. The minimum atomic E-state index is 0.364. The lowest BCUT2D eigenvalue weighted by molar-refractivity contribution is 0.710. The fourth-order valence-corrected chi connectivity index (χ4v) is 1.46. The van der Waals surface area contributed by atoms with E-state index in [9.17, 15) is 0 Å². The van der Waals surface area contributed by atoms with Crippen LogP contribution in [0.2, 0.25) is 0 Å². The Kier molecular flexibility index (Phi) is 3.31. The van der Waals surface area contributed by atoms with E-state index in [0.29, 0.717) is 18.2 Å². The molecule has 0 fully saturated rings. The number of aryl methyl sites for hydroxylation is 1. The Balaban J connectivity index is 1.90. The van der Waals surface area contributed by atoms with Gasteiger partial charge >= 0.3 is 0 Å². The minimum absolute atomic E-state index is 0.364. The Morgan fingerprint density at radius 3 is 3.00 bits per heavy atom. The van der Waals surface area contributed by atoms with Crippen molar-refractivity contribution in [2.45, 2.75) is 6.42 Å². The van der Waals surface area contributed by atoms with Crippen LogP contribution in [0.4, 0.5) is 5.95 Å². The third-order valence-electron chi connectivity index (χ3n) is 2.36. The van der Waals surface area contributed by atoms with Crippen LogP contribution in [0, 0.1) is 11.3 Å². The smallest absolute Gasteiger partial charge is 0.223 e. The van der Waals surface area contributed by atoms with Crippen LogP contribution >= 0.6 is 0 Å². The molecule has 17 heavy (non-hydrogen) atoms. The van der Waals surface area contributed by atoms with E-state index in [4.69, 9.17) is 5.26 Å². The summed E-state index contributed by atoms with van der Waals surface area (Å²) in [5.41, 5.74) is 1.50. The number of aromatic nitrogens is 4. The summed E-state index contributed by atoms with van der Waals surface area (Å²) in [6, 6.07) is 5.52.